The molecule has 0 aliphatic heterocycles. The van der Waals surface area contributed by atoms with E-state index in [4.69, 9.17) is 0 Å². The monoisotopic (exact) mass is 216 g/mol. The van der Waals surface area contributed by atoms with E-state index < -0.39 is 0 Å². The molecule has 0 saturated carbocycles. The van der Waals surface area contributed by atoms with Gasteiger partial charge < -0.3 is 4.90 Å². The Kier molecular flexibility index (Phi) is 3.15. The van der Waals surface area contributed by atoms with Crippen LogP contribution in [-0.2, 0) is 6.54 Å². The fourth-order valence-corrected chi connectivity index (χ4v) is 1.52. The minimum absolute atomic E-state index is 0.204. The third-order valence-corrected chi connectivity index (χ3v) is 2.37. The van der Waals surface area contributed by atoms with Crippen LogP contribution in [0.3, 0.4) is 0 Å². The first kappa shape index (κ1) is 10.6. The molecular formula is C13H13FN2. The first-order valence-electron chi connectivity index (χ1n) is 5.12. The van der Waals surface area contributed by atoms with Crippen LogP contribution in [0.1, 0.15) is 5.56 Å². The molecule has 0 unspecified atom stereocenters. The molecule has 2 rings (SSSR count). The van der Waals surface area contributed by atoms with Gasteiger partial charge in [0.15, 0.2) is 0 Å². The van der Waals surface area contributed by atoms with Gasteiger partial charge in [-0.15, -0.1) is 0 Å². The Balaban J connectivity index is 2.08. The first-order chi connectivity index (χ1) is 7.75. The van der Waals surface area contributed by atoms with Crippen molar-refractivity contribution < 1.29 is 4.39 Å². The largest absolute Gasteiger partial charge is 0.355 e. The van der Waals surface area contributed by atoms with Gasteiger partial charge in [0, 0.05) is 19.8 Å². The zero-order valence-corrected chi connectivity index (χ0v) is 9.10. The highest BCUT2D eigenvalue weighted by Gasteiger charge is 2.02. The summed E-state index contributed by atoms with van der Waals surface area (Å²) in [5.41, 5.74) is 1.06. The molecule has 0 amide bonds. The Morgan fingerprint density at radius 1 is 1.12 bits per heavy atom. The lowest BCUT2D eigenvalue weighted by atomic mass is 10.2. The molecule has 2 aromatic rings. The van der Waals surface area contributed by atoms with Crippen molar-refractivity contribution in [3.05, 3.63) is 60.0 Å². The third-order valence-electron chi connectivity index (χ3n) is 2.37. The third kappa shape index (κ3) is 2.57. The lowest BCUT2D eigenvalue weighted by Crippen LogP contribution is -2.17. The fourth-order valence-electron chi connectivity index (χ4n) is 1.52. The average Bonchev–Trinajstić information content (AvgIpc) is 2.33. The van der Waals surface area contributed by atoms with Crippen LogP contribution in [0.4, 0.5) is 10.2 Å². The summed E-state index contributed by atoms with van der Waals surface area (Å²) >= 11 is 0. The van der Waals surface area contributed by atoms with E-state index in [2.05, 4.69) is 4.98 Å². The summed E-state index contributed by atoms with van der Waals surface area (Å²) in [6.07, 6.45) is 1.76. The van der Waals surface area contributed by atoms with Gasteiger partial charge in [0.2, 0.25) is 0 Å². The van der Waals surface area contributed by atoms with Crippen molar-refractivity contribution in [1.82, 2.24) is 4.98 Å². The Labute approximate surface area is 94.4 Å². The van der Waals surface area contributed by atoms with Crippen LogP contribution in [0.2, 0.25) is 0 Å². The van der Waals surface area contributed by atoms with Crippen molar-refractivity contribution >= 4 is 5.82 Å². The highest BCUT2D eigenvalue weighted by molar-refractivity contribution is 5.37. The number of hydrogen-bond donors (Lipinski definition) is 0. The molecule has 3 heteroatoms. The van der Waals surface area contributed by atoms with Gasteiger partial charge in [-0.1, -0.05) is 18.2 Å². The van der Waals surface area contributed by atoms with Crippen molar-refractivity contribution in [2.75, 3.05) is 11.9 Å². The van der Waals surface area contributed by atoms with Crippen LogP contribution in [0, 0.1) is 5.82 Å². The summed E-state index contributed by atoms with van der Waals surface area (Å²) in [5, 5.41) is 0. The van der Waals surface area contributed by atoms with Gasteiger partial charge in [0.1, 0.15) is 11.6 Å². The molecule has 0 radical (unpaired) electrons. The molecule has 1 aromatic carbocycles. The first-order valence-corrected chi connectivity index (χ1v) is 5.12. The average molecular weight is 216 g/mol. The van der Waals surface area contributed by atoms with Gasteiger partial charge >= 0.3 is 0 Å². The van der Waals surface area contributed by atoms with Gasteiger partial charge in [-0.05, 0) is 29.8 Å². The number of nitrogens with zero attached hydrogens (tertiary/aromatic N) is 2. The van der Waals surface area contributed by atoms with Crippen molar-refractivity contribution in [2.45, 2.75) is 6.54 Å². The zero-order chi connectivity index (χ0) is 11.4. The predicted molar refractivity (Wildman–Crippen MR) is 62.7 cm³/mol. The van der Waals surface area contributed by atoms with E-state index in [9.17, 15) is 4.39 Å². The van der Waals surface area contributed by atoms with Gasteiger partial charge in [-0.25, -0.2) is 9.37 Å². The van der Waals surface area contributed by atoms with E-state index in [0.29, 0.717) is 0 Å². The maximum Gasteiger partial charge on any atom is 0.128 e. The summed E-state index contributed by atoms with van der Waals surface area (Å²) in [6, 6.07) is 12.3. The molecule has 1 heterocycles. The Bertz CT molecular complexity index is 439. The molecule has 0 aliphatic rings. The minimum atomic E-state index is -0.204. The standard InChI is InChI=1S/C13H13FN2/c1-16(13-4-2-3-9-15-13)10-11-5-7-12(14)8-6-11/h2-9H,10H2,1H3. The van der Waals surface area contributed by atoms with Gasteiger partial charge in [-0.3, -0.25) is 0 Å². The summed E-state index contributed by atoms with van der Waals surface area (Å²) < 4.78 is 12.7. The van der Waals surface area contributed by atoms with Crippen LogP contribution in [0.5, 0.6) is 0 Å². The normalized spacial score (nSPS) is 10.1. The summed E-state index contributed by atoms with van der Waals surface area (Å²) in [6.45, 7) is 0.720. The van der Waals surface area contributed by atoms with E-state index in [0.717, 1.165) is 17.9 Å². The molecular weight excluding hydrogens is 203 g/mol. The summed E-state index contributed by atoms with van der Waals surface area (Å²) in [7, 11) is 1.96. The molecule has 0 aliphatic carbocycles. The lowest BCUT2D eigenvalue weighted by Gasteiger charge is -2.17. The quantitative estimate of drug-likeness (QED) is 0.784. The molecule has 1 aromatic heterocycles. The molecule has 0 saturated heterocycles. The van der Waals surface area contributed by atoms with E-state index >= 15 is 0 Å². The minimum Gasteiger partial charge on any atom is -0.355 e. The van der Waals surface area contributed by atoms with E-state index in [1.807, 2.05) is 30.1 Å². The second-order valence-electron chi connectivity index (χ2n) is 3.67. The molecule has 0 fully saturated rings. The molecule has 0 bridgehead atoms. The Morgan fingerprint density at radius 3 is 2.50 bits per heavy atom. The SMILES string of the molecule is CN(Cc1ccc(F)cc1)c1ccccn1. The molecule has 16 heavy (non-hydrogen) atoms. The molecule has 0 atom stereocenters. The van der Waals surface area contributed by atoms with Crippen LogP contribution < -0.4 is 4.90 Å². The van der Waals surface area contributed by atoms with Crippen molar-refractivity contribution in [2.24, 2.45) is 0 Å². The molecule has 0 spiro atoms. The smallest absolute Gasteiger partial charge is 0.128 e. The summed E-state index contributed by atoms with van der Waals surface area (Å²) in [5.74, 6) is 0.705. The number of rotatable bonds is 3. The van der Waals surface area contributed by atoms with E-state index in [1.54, 1.807) is 18.3 Å². The Morgan fingerprint density at radius 2 is 1.88 bits per heavy atom. The van der Waals surface area contributed by atoms with Gasteiger partial charge in [0.05, 0.1) is 0 Å². The van der Waals surface area contributed by atoms with Crippen molar-refractivity contribution in [3.63, 3.8) is 0 Å². The highest BCUT2D eigenvalue weighted by Crippen LogP contribution is 2.11. The maximum atomic E-state index is 12.7. The second-order valence-corrected chi connectivity index (χ2v) is 3.67. The molecule has 0 N–H and O–H groups in total. The van der Waals surface area contributed by atoms with Crippen molar-refractivity contribution in [1.29, 1.82) is 0 Å². The molecule has 2 nitrogen and oxygen atoms in total. The number of anilines is 1. The lowest BCUT2D eigenvalue weighted by molar-refractivity contribution is 0.627. The van der Waals surface area contributed by atoms with Crippen LogP contribution in [-0.4, -0.2) is 12.0 Å². The van der Waals surface area contributed by atoms with E-state index in [1.165, 1.54) is 12.1 Å². The number of aromatic nitrogens is 1. The Hall–Kier alpha value is -1.90. The summed E-state index contributed by atoms with van der Waals surface area (Å²) in [4.78, 5) is 6.27. The fraction of sp³-hybridized carbons (Fsp3) is 0.154. The zero-order valence-electron chi connectivity index (χ0n) is 9.10. The maximum absolute atomic E-state index is 12.7. The van der Waals surface area contributed by atoms with Crippen LogP contribution in [0.25, 0.3) is 0 Å². The van der Waals surface area contributed by atoms with Gasteiger partial charge in [0.25, 0.3) is 0 Å². The molecule has 82 valence electrons. The van der Waals surface area contributed by atoms with Crippen LogP contribution in [0.15, 0.2) is 48.7 Å². The topological polar surface area (TPSA) is 16.1 Å². The highest BCUT2D eigenvalue weighted by atomic mass is 19.1. The van der Waals surface area contributed by atoms with Gasteiger partial charge in [-0.2, -0.15) is 0 Å². The number of hydrogen-bond acceptors (Lipinski definition) is 2. The second kappa shape index (κ2) is 4.75. The van der Waals surface area contributed by atoms with Crippen LogP contribution >= 0.6 is 0 Å². The van der Waals surface area contributed by atoms with Crippen molar-refractivity contribution in [3.8, 4) is 0 Å². The van der Waals surface area contributed by atoms with E-state index in [-0.39, 0.29) is 5.82 Å². The number of halogens is 1. The number of benzene rings is 1. The number of pyridine rings is 1. The predicted octanol–water partition coefficient (Wildman–Crippen LogP) is 2.86.